The molecule has 5 heteroatoms. The molecule has 0 bridgehead atoms. The maximum Gasteiger partial charge on any atom is 0.254 e. The Morgan fingerprint density at radius 1 is 1.29 bits per heavy atom. The Morgan fingerprint density at radius 2 is 2.00 bits per heavy atom. The summed E-state index contributed by atoms with van der Waals surface area (Å²) in [7, 11) is 0. The number of rotatable bonds is 2. The summed E-state index contributed by atoms with van der Waals surface area (Å²) in [5, 5.41) is 11.1. The van der Waals surface area contributed by atoms with Crippen molar-refractivity contribution in [2.24, 2.45) is 5.92 Å². The molecule has 2 heterocycles. The largest absolute Gasteiger partial charge is 0.386 e. The van der Waals surface area contributed by atoms with Gasteiger partial charge in [0.15, 0.2) is 0 Å². The van der Waals surface area contributed by atoms with Crippen LogP contribution < -0.4 is 5.56 Å². The highest BCUT2D eigenvalue weighted by Crippen LogP contribution is 2.44. The first-order chi connectivity index (χ1) is 10.1. The Labute approximate surface area is 121 Å². The summed E-state index contributed by atoms with van der Waals surface area (Å²) < 4.78 is 0. The van der Waals surface area contributed by atoms with Gasteiger partial charge < -0.3 is 15.0 Å². The first-order valence-electron chi connectivity index (χ1n) is 7.20. The minimum Gasteiger partial charge on any atom is -0.386 e. The molecular weight excluding hydrogens is 268 g/mol. The van der Waals surface area contributed by atoms with Gasteiger partial charge in [-0.1, -0.05) is 18.2 Å². The number of para-hydroxylation sites is 1. The van der Waals surface area contributed by atoms with E-state index in [4.69, 9.17) is 0 Å². The monoisotopic (exact) mass is 284 g/mol. The van der Waals surface area contributed by atoms with Gasteiger partial charge in [0.05, 0.1) is 18.7 Å². The zero-order valence-electron chi connectivity index (χ0n) is 11.5. The first-order valence-corrected chi connectivity index (χ1v) is 7.20. The van der Waals surface area contributed by atoms with Crippen LogP contribution in [0.2, 0.25) is 0 Å². The van der Waals surface area contributed by atoms with Crippen molar-refractivity contribution in [1.82, 2.24) is 9.88 Å². The fourth-order valence-electron chi connectivity index (χ4n) is 3.19. The smallest absolute Gasteiger partial charge is 0.254 e. The summed E-state index contributed by atoms with van der Waals surface area (Å²) in [6, 6.07) is 8.62. The highest BCUT2D eigenvalue weighted by Gasteiger charge is 2.53. The number of aromatic amines is 1. The van der Waals surface area contributed by atoms with Crippen molar-refractivity contribution < 1.29 is 9.90 Å². The predicted molar refractivity (Wildman–Crippen MR) is 78.1 cm³/mol. The lowest BCUT2D eigenvalue weighted by Gasteiger charge is -2.47. The number of hydrogen-bond donors (Lipinski definition) is 2. The topological polar surface area (TPSA) is 73.4 Å². The van der Waals surface area contributed by atoms with Gasteiger partial charge in [-0.15, -0.1) is 0 Å². The van der Waals surface area contributed by atoms with Gasteiger partial charge >= 0.3 is 0 Å². The van der Waals surface area contributed by atoms with E-state index in [1.165, 1.54) is 6.07 Å². The third-order valence-electron chi connectivity index (χ3n) is 4.53. The van der Waals surface area contributed by atoms with Gasteiger partial charge in [-0.2, -0.15) is 0 Å². The molecule has 1 saturated carbocycles. The van der Waals surface area contributed by atoms with Crippen LogP contribution in [0.3, 0.4) is 0 Å². The number of aromatic nitrogens is 1. The minimum absolute atomic E-state index is 0.178. The van der Waals surface area contributed by atoms with Gasteiger partial charge in [0.25, 0.3) is 5.91 Å². The summed E-state index contributed by atoms with van der Waals surface area (Å²) in [4.78, 5) is 28.6. The number of pyridine rings is 1. The quantitative estimate of drug-likeness (QED) is 0.868. The van der Waals surface area contributed by atoms with Crippen LogP contribution in [0.15, 0.2) is 35.1 Å². The number of benzene rings is 1. The number of fused-ring (bicyclic) bond motifs is 1. The molecule has 1 aromatic heterocycles. The van der Waals surface area contributed by atoms with Crippen LogP contribution >= 0.6 is 0 Å². The lowest BCUT2D eigenvalue weighted by Crippen LogP contribution is -2.64. The molecule has 0 atom stereocenters. The third kappa shape index (κ3) is 1.96. The number of hydrogen-bond acceptors (Lipinski definition) is 3. The molecule has 2 aliphatic rings. The predicted octanol–water partition coefficient (Wildman–Crippen LogP) is 1.12. The van der Waals surface area contributed by atoms with Crippen LogP contribution in [0.5, 0.6) is 0 Å². The number of amides is 1. The van der Waals surface area contributed by atoms with Gasteiger partial charge in [0, 0.05) is 17.0 Å². The molecule has 2 fully saturated rings. The first kappa shape index (κ1) is 12.6. The average Bonchev–Trinajstić information content (AvgIpc) is 3.27. The minimum atomic E-state index is -0.702. The lowest BCUT2D eigenvalue weighted by molar-refractivity contribution is -0.0957. The molecule has 1 saturated heterocycles. The molecule has 4 rings (SSSR count). The Kier molecular flexibility index (Phi) is 2.50. The van der Waals surface area contributed by atoms with Crippen LogP contribution in [0.25, 0.3) is 10.9 Å². The number of β-amino-alcohol motifs (C(OH)–C–C–N with tert-alkyl or cyclic N) is 1. The van der Waals surface area contributed by atoms with Crippen molar-refractivity contribution >= 4 is 16.8 Å². The van der Waals surface area contributed by atoms with Gasteiger partial charge in [-0.25, -0.2) is 0 Å². The molecule has 1 aromatic carbocycles. The lowest BCUT2D eigenvalue weighted by atomic mass is 9.88. The molecule has 2 aromatic rings. The molecule has 1 amide bonds. The Morgan fingerprint density at radius 3 is 2.71 bits per heavy atom. The van der Waals surface area contributed by atoms with E-state index in [1.807, 2.05) is 18.2 Å². The normalized spacial score (nSPS) is 20.3. The van der Waals surface area contributed by atoms with E-state index in [1.54, 1.807) is 11.0 Å². The van der Waals surface area contributed by atoms with Crippen LogP contribution in [-0.2, 0) is 0 Å². The fraction of sp³-hybridized carbons (Fsp3) is 0.375. The molecule has 0 unspecified atom stereocenters. The van der Waals surface area contributed by atoms with Crippen LogP contribution in [-0.4, -0.2) is 39.6 Å². The third-order valence-corrected chi connectivity index (χ3v) is 4.53. The van der Waals surface area contributed by atoms with E-state index in [9.17, 15) is 14.7 Å². The summed E-state index contributed by atoms with van der Waals surface area (Å²) in [6.45, 7) is 0.745. The number of aliphatic hydroxyl groups is 1. The maximum atomic E-state index is 12.6. The number of nitrogens with one attached hydrogen (secondary N) is 1. The molecule has 21 heavy (non-hydrogen) atoms. The second-order valence-electron chi connectivity index (χ2n) is 6.13. The molecule has 0 radical (unpaired) electrons. The number of carbonyl (C=O) groups excluding carboxylic acids is 1. The molecule has 1 aliphatic heterocycles. The van der Waals surface area contributed by atoms with Crippen molar-refractivity contribution in [1.29, 1.82) is 0 Å². The number of H-pyrrole nitrogens is 1. The van der Waals surface area contributed by atoms with Crippen molar-refractivity contribution in [3.8, 4) is 0 Å². The summed E-state index contributed by atoms with van der Waals surface area (Å²) in [5.74, 6) is 0.167. The second kappa shape index (κ2) is 4.18. The Bertz CT molecular complexity index is 785. The SMILES string of the molecule is O=C(c1cc(=O)[nH]c2ccccc12)N1CC(O)(C2CC2)C1. The van der Waals surface area contributed by atoms with Gasteiger partial charge in [0.1, 0.15) is 5.60 Å². The van der Waals surface area contributed by atoms with Crippen LogP contribution in [0.1, 0.15) is 23.2 Å². The number of nitrogens with zero attached hydrogens (tertiary/aromatic N) is 1. The highest BCUT2D eigenvalue weighted by molar-refractivity contribution is 6.06. The second-order valence-corrected chi connectivity index (χ2v) is 6.13. The van der Waals surface area contributed by atoms with E-state index in [2.05, 4.69) is 4.98 Å². The Hall–Kier alpha value is -2.14. The van der Waals surface area contributed by atoms with Crippen molar-refractivity contribution in [3.05, 3.63) is 46.2 Å². The molecule has 1 aliphatic carbocycles. The van der Waals surface area contributed by atoms with E-state index >= 15 is 0 Å². The van der Waals surface area contributed by atoms with E-state index < -0.39 is 5.60 Å². The zero-order valence-corrected chi connectivity index (χ0v) is 11.5. The number of carbonyl (C=O) groups is 1. The van der Waals surface area contributed by atoms with E-state index in [0.29, 0.717) is 30.1 Å². The van der Waals surface area contributed by atoms with Crippen molar-refractivity contribution in [2.75, 3.05) is 13.1 Å². The standard InChI is InChI=1S/C16H16N2O3/c19-14-7-12(11-3-1-2-4-13(11)17-14)15(20)18-8-16(21,9-18)10-5-6-10/h1-4,7,10,21H,5-6,8-9H2,(H,17,19). The van der Waals surface area contributed by atoms with Gasteiger partial charge in [-0.05, 0) is 24.8 Å². The molecule has 108 valence electrons. The molecule has 5 nitrogen and oxygen atoms in total. The number of likely N-dealkylation sites (tertiary alicyclic amines) is 1. The van der Waals surface area contributed by atoms with Crippen molar-refractivity contribution in [2.45, 2.75) is 18.4 Å². The van der Waals surface area contributed by atoms with E-state index in [-0.39, 0.29) is 11.5 Å². The van der Waals surface area contributed by atoms with Gasteiger partial charge in [-0.3, -0.25) is 9.59 Å². The average molecular weight is 284 g/mol. The zero-order chi connectivity index (χ0) is 14.6. The summed E-state index contributed by atoms with van der Waals surface area (Å²) in [6.07, 6.45) is 2.10. The fourth-order valence-corrected chi connectivity index (χ4v) is 3.19. The summed E-state index contributed by atoms with van der Waals surface area (Å²) >= 11 is 0. The van der Waals surface area contributed by atoms with Crippen LogP contribution in [0, 0.1) is 5.92 Å². The Balaban J connectivity index is 1.67. The maximum absolute atomic E-state index is 12.6. The van der Waals surface area contributed by atoms with Crippen LogP contribution in [0.4, 0.5) is 0 Å². The molecule has 0 spiro atoms. The highest BCUT2D eigenvalue weighted by atomic mass is 16.3. The van der Waals surface area contributed by atoms with Crippen molar-refractivity contribution in [3.63, 3.8) is 0 Å². The molecule has 2 N–H and O–H groups in total. The van der Waals surface area contributed by atoms with E-state index in [0.717, 1.165) is 18.2 Å². The molecular formula is C16H16N2O3. The summed E-state index contributed by atoms with van der Waals surface area (Å²) in [5.41, 5.74) is 0.0840. The van der Waals surface area contributed by atoms with Gasteiger partial charge in [0.2, 0.25) is 5.56 Å².